The average Bonchev–Trinajstić information content (AvgIpc) is 3.32. The van der Waals surface area contributed by atoms with Gasteiger partial charge in [0.25, 0.3) is 0 Å². The Hall–Kier alpha value is -1.59. The molecule has 0 aliphatic rings. The molecule has 0 radical (unpaired) electrons. The van der Waals surface area contributed by atoms with Gasteiger partial charge in [-0.1, -0.05) is 304 Å². The van der Waals surface area contributed by atoms with Crippen molar-refractivity contribution in [1.29, 1.82) is 0 Å². The van der Waals surface area contributed by atoms with Crippen molar-refractivity contribution in [2.75, 3.05) is 13.2 Å². The highest BCUT2D eigenvalue weighted by Crippen LogP contribution is 2.19. The summed E-state index contributed by atoms with van der Waals surface area (Å²) in [7, 11) is 0. The van der Waals surface area contributed by atoms with E-state index in [1.54, 1.807) is 0 Å². The number of hydrogen-bond acceptors (Lipinski definition) is 6. The molecule has 0 rings (SSSR count). The summed E-state index contributed by atoms with van der Waals surface area (Å²) in [5, 5.41) is 0. The number of esters is 3. The summed E-state index contributed by atoms with van der Waals surface area (Å²) in [6.45, 7) is 9.10. The van der Waals surface area contributed by atoms with E-state index in [-0.39, 0.29) is 31.1 Å². The molecule has 0 aromatic heterocycles. The summed E-state index contributed by atoms with van der Waals surface area (Å²) in [6, 6.07) is 0. The molecule has 0 aliphatic carbocycles. The van der Waals surface area contributed by atoms with Gasteiger partial charge in [-0.05, 0) is 25.2 Å². The zero-order chi connectivity index (χ0) is 48.1. The van der Waals surface area contributed by atoms with Gasteiger partial charge in [-0.25, -0.2) is 0 Å². The molecule has 6 heteroatoms. The number of carbonyl (C=O) groups excluding carboxylic acids is 3. The van der Waals surface area contributed by atoms with Crippen molar-refractivity contribution in [3.05, 3.63) is 0 Å². The zero-order valence-electron chi connectivity index (χ0n) is 45.2. The highest BCUT2D eigenvalue weighted by molar-refractivity contribution is 5.71. The second-order valence-electron chi connectivity index (χ2n) is 20.9. The van der Waals surface area contributed by atoms with Crippen LogP contribution in [0.1, 0.15) is 342 Å². The Labute approximate surface area is 412 Å². The van der Waals surface area contributed by atoms with Crippen LogP contribution in [-0.2, 0) is 28.6 Å². The van der Waals surface area contributed by atoms with Gasteiger partial charge in [-0.2, -0.15) is 0 Å². The standard InChI is InChI=1S/C60H116O6/c1-5-8-10-12-14-16-18-20-21-22-23-24-29-33-37-41-45-49-53-60(63)66-57(54-64-58(61)51-47-43-39-35-31-19-17-15-13-11-9-6-2)55-65-59(62)52-48-44-40-36-32-28-26-25-27-30-34-38-42-46-50-56(4)7-3/h56-57H,5-55H2,1-4H3/t56?,57-/m1/s1. The molecular weight excluding hydrogens is 817 g/mol. The molecule has 0 aliphatic heterocycles. The Morgan fingerprint density at radius 2 is 0.530 bits per heavy atom. The Morgan fingerprint density at radius 3 is 0.788 bits per heavy atom. The number of carbonyl (C=O) groups is 3. The summed E-state index contributed by atoms with van der Waals surface area (Å²) in [5.41, 5.74) is 0. The van der Waals surface area contributed by atoms with E-state index in [9.17, 15) is 14.4 Å². The molecule has 0 spiro atoms. The summed E-state index contributed by atoms with van der Waals surface area (Å²) in [6.07, 6.45) is 59.4. The maximum atomic E-state index is 12.9. The van der Waals surface area contributed by atoms with E-state index in [1.165, 1.54) is 238 Å². The predicted octanol–water partition coefficient (Wildman–Crippen LogP) is 19.8. The van der Waals surface area contributed by atoms with Gasteiger partial charge in [-0.15, -0.1) is 0 Å². The second-order valence-corrected chi connectivity index (χ2v) is 20.9. The number of unbranched alkanes of at least 4 members (excludes halogenated alkanes) is 41. The van der Waals surface area contributed by atoms with Crippen molar-refractivity contribution in [2.45, 2.75) is 348 Å². The second kappa shape index (κ2) is 54.4. The topological polar surface area (TPSA) is 78.9 Å². The minimum absolute atomic E-state index is 0.0617. The molecule has 0 heterocycles. The summed E-state index contributed by atoms with van der Waals surface area (Å²) < 4.78 is 16.9. The van der Waals surface area contributed by atoms with Gasteiger partial charge >= 0.3 is 17.9 Å². The molecule has 0 saturated heterocycles. The van der Waals surface area contributed by atoms with Crippen molar-refractivity contribution < 1.29 is 28.6 Å². The lowest BCUT2D eigenvalue weighted by atomic mass is 9.99. The molecule has 1 unspecified atom stereocenters. The third-order valence-electron chi connectivity index (χ3n) is 14.2. The highest BCUT2D eigenvalue weighted by Gasteiger charge is 2.19. The van der Waals surface area contributed by atoms with Crippen LogP contribution in [0.4, 0.5) is 0 Å². The van der Waals surface area contributed by atoms with Gasteiger partial charge in [0.2, 0.25) is 0 Å². The molecule has 0 bridgehead atoms. The van der Waals surface area contributed by atoms with Crippen LogP contribution in [0.2, 0.25) is 0 Å². The van der Waals surface area contributed by atoms with Crippen LogP contribution in [0.3, 0.4) is 0 Å². The molecule has 6 nitrogen and oxygen atoms in total. The van der Waals surface area contributed by atoms with Crippen molar-refractivity contribution >= 4 is 17.9 Å². The van der Waals surface area contributed by atoms with Crippen molar-refractivity contribution in [3.8, 4) is 0 Å². The van der Waals surface area contributed by atoms with E-state index in [2.05, 4.69) is 27.7 Å². The minimum Gasteiger partial charge on any atom is -0.462 e. The lowest BCUT2D eigenvalue weighted by Crippen LogP contribution is -2.30. The van der Waals surface area contributed by atoms with E-state index in [0.717, 1.165) is 63.7 Å². The van der Waals surface area contributed by atoms with Crippen LogP contribution in [-0.4, -0.2) is 37.2 Å². The van der Waals surface area contributed by atoms with Gasteiger partial charge < -0.3 is 14.2 Å². The Morgan fingerprint density at radius 1 is 0.303 bits per heavy atom. The van der Waals surface area contributed by atoms with Crippen LogP contribution < -0.4 is 0 Å². The van der Waals surface area contributed by atoms with E-state index in [0.29, 0.717) is 19.3 Å². The fraction of sp³-hybridized carbons (Fsp3) is 0.950. The average molecular weight is 934 g/mol. The van der Waals surface area contributed by atoms with E-state index >= 15 is 0 Å². The predicted molar refractivity (Wildman–Crippen MR) is 284 cm³/mol. The van der Waals surface area contributed by atoms with Crippen LogP contribution in [0, 0.1) is 5.92 Å². The SMILES string of the molecule is CCCCCCCCCCCCCCCCCCCCC(=O)O[C@H](COC(=O)CCCCCCCCCCCCCC)COC(=O)CCCCCCCCCCCCCCCCC(C)CC. The Balaban J connectivity index is 4.27. The molecular formula is C60H116O6. The molecule has 0 aromatic carbocycles. The monoisotopic (exact) mass is 933 g/mol. The molecule has 2 atom stereocenters. The summed E-state index contributed by atoms with van der Waals surface area (Å²) in [5.74, 6) is 0.0625. The molecule has 0 N–H and O–H groups in total. The first-order valence-corrected chi connectivity index (χ1v) is 29.9. The summed E-state index contributed by atoms with van der Waals surface area (Å²) in [4.78, 5) is 38.2. The zero-order valence-corrected chi connectivity index (χ0v) is 45.2. The van der Waals surface area contributed by atoms with Gasteiger partial charge in [-0.3, -0.25) is 14.4 Å². The first kappa shape index (κ1) is 64.4. The Bertz CT molecular complexity index is 998. The molecule has 66 heavy (non-hydrogen) atoms. The third-order valence-corrected chi connectivity index (χ3v) is 14.2. The maximum absolute atomic E-state index is 12.9. The van der Waals surface area contributed by atoms with Crippen molar-refractivity contribution in [1.82, 2.24) is 0 Å². The van der Waals surface area contributed by atoms with Gasteiger partial charge in [0.05, 0.1) is 0 Å². The summed E-state index contributed by atoms with van der Waals surface area (Å²) >= 11 is 0. The van der Waals surface area contributed by atoms with Crippen molar-refractivity contribution in [3.63, 3.8) is 0 Å². The number of ether oxygens (including phenoxy) is 3. The van der Waals surface area contributed by atoms with Crippen LogP contribution in [0.25, 0.3) is 0 Å². The smallest absolute Gasteiger partial charge is 0.306 e. The van der Waals surface area contributed by atoms with Crippen LogP contribution in [0.5, 0.6) is 0 Å². The fourth-order valence-corrected chi connectivity index (χ4v) is 9.25. The van der Waals surface area contributed by atoms with Gasteiger partial charge in [0.1, 0.15) is 13.2 Å². The third kappa shape index (κ3) is 51.8. The van der Waals surface area contributed by atoms with Gasteiger partial charge in [0.15, 0.2) is 6.10 Å². The van der Waals surface area contributed by atoms with E-state index in [1.807, 2.05) is 0 Å². The quantitative estimate of drug-likeness (QED) is 0.0343. The molecule has 0 amide bonds. The maximum Gasteiger partial charge on any atom is 0.306 e. The molecule has 392 valence electrons. The van der Waals surface area contributed by atoms with E-state index < -0.39 is 6.10 Å². The largest absolute Gasteiger partial charge is 0.462 e. The van der Waals surface area contributed by atoms with E-state index in [4.69, 9.17) is 14.2 Å². The number of hydrogen-bond donors (Lipinski definition) is 0. The molecule has 0 fully saturated rings. The van der Waals surface area contributed by atoms with Gasteiger partial charge in [0, 0.05) is 19.3 Å². The highest BCUT2D eigenvalue weighted by atomic mass is 16.6. The molecule has 0 aromatic rings. The first-order chi connectivity index (χ1) is 32.4. The lowest BCUT2D eigenvalue weighted by Gasteiger charge is -2.18. The van der Waals surface area contributed by atoms with Crippen LogP contribution >= 0.6 is 0 Å². The Kier molecular flexibility index (Phi) is 53.0. The van der Waals surface area contributed by atoms with Crippen molar-refractivity contribution in [2.24, 2.45) is 5.92 Å². The minimum atomic E-state index is -0.762. The molecule has 0 saturated carbocycles. The normalized spacial score (nSPS) is 12.4. The first-order valence-electron chi connectivity index (χ1n) is 29.9. The lowest BCUT2D eigenvalue weighted by molar-refractivity contribution is -0.167. The van der Waals surface area contributed by atoms with Crippen LogP contribution in [0.15, 0.2) is 0 Å². The fourth-order valence-electron chi connectivity index (χ4n) is 9.25. The number of rotatable bonds is 55.